The summed E-state index contributed by atoms with van der Waals surface area (Å²) in [6.07, 6.45) is 9.24. The van der Waals surface area contributed by atoms with Gasteiger partial charge in [0.15, 0.2) is 0 Å². The van der Waals surface area contributed by atoms with Gasteiger partial charge in [-0.3, -0.25) is 0 Å². The number of allylic oxidation sites excluding steroid dienone is 3. The van der Waals surface area contributed by atoms with Crippen molar-refractivity contribution in [3.8, 4) is 0 Å². The molecule has 0 bridgehead atoms. The molecule has 2 N–H and O–H groups in total. The molecule has 1 aliphatic carbocycles. The molecule has 0 aliphatic heterocycles. The van der Waals surface area contributed by atoms with Crippen molar-refractivity contribution < 1.29 is 19.4 Å². The second-order valence-electron chi connectivity index (χ2n) is 7.96. The highest BCUT2D eigenvalue weighted by Gasteiger charge is 2.19. The molecular weight excluding hydrogens is 416 g/mol. The molecule has 33 heavy (non-hydrogen) atoms. The summed E-state index contributed by atoms with van der Waals surface area (Å²) in [4.78, 5) is 25.7. The molecule has 0 aromatic heterocycles. The lowest BCUT2D eigenvalue weighted by molar-refractivity contribution is -0.136. The van der Waals surface area contributed by atoms with Gasteiger partial charge in [0.25, 0.3) is 0 Å². The number of carbonyl (C=O) groups excluding carboxylic acids is 1. The van der Waals surface area contributed by atoms with Crippen molar-refractivity contribution in [2.45, 2.75) is 32.7 Å². The maximum absolute atomic E-state index is 12.7. The first-order valence-electron chi connectivity index (χ1n) is 11.0. The average Bonchev–Trinajstić information content (AvgIpc) is 3.06. The lowest BCUT2D eigenvalue weighted by Crippen LogP contribution is -2.38. The Balaban J connectivity index is 1.61. The minimum absolute atomic E-state index is 0.0178. The van der Waals surface area contributed by atoms with Gasteiger partial charge in [-0.2, -0.15) is 0 Å². The Hall–Kier alpha value is -3.80. The summed E-state index contributed by atoms with van der Waals surface area (Å²) in [5.74, 6) is -1.16. The number of hydrogen-bond acceptors (Lipinski definition) is 3. The number of carboxylic acids is 1. The van der Waals surface area contributed by atoms with Crippen molar-refractivity contribution in [3.05, 3.63) is 89.2 Å². The van der Waals surface area contributed by atoms with Gasteiger partial charge < -0.3 is 20.1 Å². The summed E-state index contributed by atoms with van der Waals surface area (Å²) in [5, 5.41) is 12.2. The van der Waals surface area contributed by atoms with E-state index in [4.69, 9.17) is 4.74 Å². The highest BCUT2D eigenvalue weighted by Crippen LogP contribution is 2.26. The van der Waals surface area contributed by atoms with Crippen LogP contribution in [0, 0.1) is 6.92 Å². The molecule has 3 rings (SSSR count). The molecule has 0 spiro atoms. The third-order valence-corrected chi connectivity index (χ3v) is 5.55. The molecule has 0 radical (unpaired) electrons. The fourth-order valence-corrected chi connectivity index (χ4v) is 3.61. The number of urea groups is 1. The fraction of sp³-hybridized carbons (Fsp3) is 0.259. The first kappa shape index (κ1) is 23.9. The van der Waals surface area contributed by atoms with Crippen LogP contribution in [0.4, 0.5) is 10.5 Å². The molecule has 6 nitrogen and oxygen atoms in total. The Morgan fingerprint density at radius 3 is 2.48 bits per heavy atom. The molecule has 6 heteroatoms. The van der Waals surface area contributed by atoms with E-state index in [1.165, 1.54) is 11.6 Å². The van der Waals surface area contributed by atoms with Crippen molar-refractivity contribution in [2.75, 3.05) is 19.0 Å². The number of amides is 2. The lowest BCUT2D eigenvalue weighted by Gasteiger charge is -2.25. The van der Waals surface area contributed by atoms with Gasteiger partial charge >= 0.3 is 12.0 Å². The summed E-state index contributed by atoms with van der Waals surface area (Å²) >= 11 is 0. The molecule has 0 saturated heterocycles. The molecule has 172 valence electrons. The summed E-state index contributed by atoms with van der Waals surface area (Å²) in [7, 11) is 1.81. The zero-order chi connectivity index (χ0) is 23.8. The first-order chi connectivity index (χ1) is 15.9. The zero-order valence-corrected chi connectivity index (χ0v) is 19.2. The minimum Gasteiger partial charge on any atom is -0.487 e. The van der Waals surface area contributed by atoms with Gasteiger partial charge in [0.1, 0.15) is 0 Å². The predicted molar refractivity (Wildman–Crippen MR) is 132 cm³/mol. The second-order valence-corrected chi connectivity index (χ2v) is 7.96. The third kappa shape index (κ3) is 6.59. The van der Waals surface area contributed by atoms with E-state index in [0.717, 1.165) is 35.2 Å². The molecule has 1 unspecified atom stereocenters. The van der Waals surface area contributed by atoms with Gasteiger partial charge in [0, 0.05) is 12.7 Å². The van der Waals surface area contributed by atoms with Gasteiger partial charge in [-0.25, -0.2) is 9.59 Å². The number of aryl methyl sites for hydroxylation is 1. The Labute approximate surface area is 194 Å². The molecule has 0 heterocycles. The summed E-state index contributed by atoms with van der Waals surface area (Å²) < 4.78 is 5.17. The highest BCUT2D eigenvalue weighted by molar-refractivity contribution is 5.90. The van der Waals surface area contributed by atoms with E-state index in [0.29, 0.717) is 6.61 Å². The lowest BCUT2D eigenvalue weighted by atomic mass is 9.98. The standard InChI is InChI=1S/C27H30N2O4/c1-4-33-25(26(30)31)18-20-10-12-22(13-11-20)21-6-5-7-24(17-14-21)29(3)27(32)28-23-15-8-19(2)9-16-23/h5-13,15-16,18,24H,4,14,17H2,1-3H3,(H,28,32)(H,30,31)/b25-18-. The van der Waals surface area contributed by atoms with Gasteiger partial charge in [0.05, 0.1) is 12.6 Å². The number of rotatable bonds is 7. The van der Waals surface area contributed by atoms with Crippen molar-refractivity contribution in [1.82, 2.24) is 4.90 Å². The number of benzene rings is 2. The van der Waals surface area contributed by atoms with Gasteiger partial charge in [-0.05, 0) is 61.6 Å². The monoisotopic (exact) mass is 446 g/mol. The van der Waals surface area contributed by atoms with Crippen LogP contribution in [0.1, 0.15) is 36.5 Å². The molecule has 0 fully saturated rings. The summed E-state index contributed by atoms with van der Waals surface area (Å²) in [6.45, 7) is 4.06. The number of aliphatic carboxylic acids is 1. The number of nitrogens with one attached hydrogen (secondary N) is 1. The second kappa shape index (κ2) is 11.2. The van der Waals surface area contributed by atoms with E-state index < -0.39 is 5.97 Å². The number of ether oxygens (including phenoxy) is 1. The smallest absolute Gasteiger partial charge is 0.371 e. The maximum Gasteiger partial charge on any atom is 0.371 e. The fourth-order valence-electron chi connectivity index (χ4n) is 3.61. The molecule has 1 atom stereocenters. The zero-order valence-electron chi connectivity index (χ0n) is 19.2. The van der Waals surface area contributed by atoms with Gasteiger partial charge in [-0.1, -0.05) is 60.2 Å². The quantitative estimate of drug-likeness (QED) is 0.421. The number of hydrogen-bond donors (Lipinski definition) is 2. The van der Waals surface area contributed by atoms with Crippen LogP contribution >= 0.6 is 0 Å². The number of carbonyl (C=O) groups is 2. The normalized spacial score (nSPS) is 15.9. The van der Waals surface area contributed by atoms with E-state index >= 15 is 0 Å². The molecule has 2 aromatic rings. The maximum atomic E-state index is 12.7. The largest absolute Gasteiger partial charge is 0.487 e. The van der Waals surface area contributed by atoms with Crippen LogP contribution in [0.3, 0.4) is 0 Å². The SMILES string of the molecule is CCO/C(=C\c1ccc(C2=CC=CC(N(C)C(=O)Nc3ccc(C)cc3)CC2)cc1)C(=O)O. The highest BCUT2D eigenvalue weighted by atomic mass is 16.5. The van der Waals surface area contributed by atoms with Crippen LogP contribution in [-0.4, -0.2) is 41.7 Å². The third-order valence-electron chi connectivity index (χ3n) is 5.55. The van der Waals surface area contributed by atoms with Crippen molar-refractivity contribution in [2.24, 2.45) is 0 Å². The topological polar surface area (TPSA) is 78.9 Å². The Morgan fingerprint density at radius 1 is 1.15 bits per heavy atom. The van der Waals surface area contributed by atoms with Crippen molar-refractivity contribution in [1.29, 1.82) is 0 Å². The van der Waals surface area contributed by atoms with Crippen LogP contribution in [-0.2, 0) is 9.53 Å². The number of likely N-dealkylation sites (N-methyl/N-ethyl adjacent to an activating group) is 1. The van der Waals surface area contributed by atoms with Crippen LogP contribution in [0.2, 0.25) is 0 Å². The summed E-state index contributed by atoms with van der Waals surface area (Å²) in [5.41, 5.74) is 4.92. The Bertz CT molecular complexity index is 1070. The van der Waals surface area contributed by atoms with E-state index in [-0.39, 0.29) is 17.8 Å². The van der Waals surface area contributed by atoms with E-state index in [1.54, 1.807) is 11.8 Å². The summed E-state index contributed by atoms with van der Waals surface area (Å²) in [6, 6.07) is 15.3. The van der Waals surface area contributed by atoms with Crippen LogP contribution in [0.15, 0.2) is 72.5 Å². The Kier molecular flexibility index (Phi) is 8.08. The molecule has 2 amide bonds. The number of carboxylic acid groups (broad SMARTS) is 1. The first-order valence-corrected chi connectivity index (χ1v) is 11.0. The number of nitrogens with zero attached hydrogens (tertiary/aromatic N) is 1. The van der Waals surface area contributed by atoms with Crippen molar-refractivity contribution >= 4 is 29.3 Å². The van der Waals surface area contributed by atoms with Gasteiger partial charge in [0.2, 0.25) is 5.76 Å². The van der Waals surface area contributed by atoms with E-state index in [1.807, 2.05) is 74.7 Å². The van der Waals surface area contributed by atoms with E-state index in [9.17, 15) is 14.7 Å². The van der Waals surface area contributed by atoms with Crippen LogP contribution in [0.25, 0.3) is 11.6 Å². The molecular formula is C27H30N2O4. The average molecular weight is 447 g/mol. The van der Waals surface area contributed by atoms with Crippen LogP contribution < -0.4 is 5.32 Å². The minimum atomic E-state index is -1.08. The van der Waals surface area contributed by atoms with Crippen molar-refractivity contribution in [3.63, 3.8) is 0 Å². The van der Waals surface area contributed by atoms with Gasteiger partial charge in [-0.15, -0.1) is 0 Å². The molecule has 0 saturated carbocycles. The van der Waals surface area contributed by atoms with E-state index in [2.05, 4.69) is 11.4 Å². The van der Waals surface area contributed by atoms with Crippen LogP contribution in [0.5, 0.6) is 0 Å². The molecule has 1 aliphatic rings. The predicted octanol–water partition coefficient (Wildman–Crippen LogP) is 5.72. The number of anilines is 1. The Morgan fingerprint density at radius 2 is 1.85 bits per heavy atom. The molecule has 2 aromatic carbocycles.